The highest BCUT2D eigenvalue weighted by atomic mass is 32.2. The van der Waals surface area contributed by atoms with Crippen LogP contribution in [-0.2, 0) is 23.8 Å². The van der Waals surface area contributed by atoms with Crippen molar-refractivity contribution in [2.45, 2.75) is 38.0 Å². The zero-order chi connectivity index (χ0) is 10.8. The Kier molecular flexibility index (Phi) is 3.49. The maximum atomic E-state index is 11.1. The van der Waals surface area contributed by atoms with Crippen molar-refractivity contribution < 1.29 is 22.1 Å². The minimum Gasteiger partial charge on any atom is -0.458 e. The molecule has 2 atom stereocenters. The van der Waals surface area contributed by atoms with E-state index in [9.17, 15) is 13.2 Å². The van der Waals surface area contributed by atoms with E-state index in [4.69, 9.17) is 4.74 Å². The molecule has 0 saturated carbocycles. The van der Waals surface area contributed by atoms with Gasteiger partial charge in [-0.15, -0.1) is 0 Å². The molecular weight excluding hydrogens is 208 g/mol. The largest absolute Gasteiger partial charge is 0.458 e. The molecule has 1 saturated heterocycles. The summed E-state index contributed by atoms with van der Waals surface area (Å²) < 4.78 is 31.7. The summed E-state index contributed by atoms with van der Waals surface area (Å²) in [6.07, 6.45) is 0.343. The highest BCUT2D eigenvalue weighted by Crippen LogP contribution is 2.20. The summed E-state index contributed by atoms with van der Waals surface area (Å²) in [6.45, 7) is 3.28. The molecule has 0 aliphatic carbocycles. The van der Waals surface area contributed by atoms with Crippen LogP contribution in [0, 0.1) is 0 Å². The predicted octanol–water partition coefficient (Wildman–Crippen LogP) is 0.447. The molecule has 2 unspecified atom stereocenters. The lowest BCUT2D eigenvalue weighted by Gasteiger charge is -2.12. The van der Waals surface area contributed by atoms with E-state index in [0.29, 0.717) is 12.8 Å². The smallest absolute Gasteiger partial charge is 0.306 e. The van der Waals surface area contributed by atoms with Gasteiger partial charge < -0.3 is 4.74 Å². The molecule has 82 valence electrons. The second-order valence-electron chi connectivity index (χ2n) is 3.26. The fraction of sp³-hybridized carbons (Fsp3) is 0.875. The Hall–Kier alpha value is -0.620. The van der Waals surface area contributed by atoms with Crippen molar-refractivity contribution in [1.29, 1.82) is 0 Å². The molecule has 0 radical (unpaired) electrons. The summed E-state index contributed by atoms with van der Waals surface area (Å²) in [4.78, 5) is 11.1. The maximum absolute atomic E-state index is 11.1. The summed E-state index contributed by atoms with van der Waals surface area (Å²) in [5.41, 5.74) is 0. The SMILES string of the molecule is CCCC(=O)OC1COS(=O)(=O)C1C. The van der Waals surface area contributed by atoms with Gasteiger partial charge >= 0.3 is 5.97 Å². The van der Waals surface area contributed by atoms with Gasteiger partial charge in [-0.25, -0.2) is 0 Å². The first kappa shape index (κ1) is 11.5. The van der Waals surface area contributed by atoms with Crippen molar-refractivity contribution in [2.24, 2.45) is 0 Å². The number of hydrogen-bond donors (Lipinski definition) is 0. The van der Waals surface area contributed by atoms with E-state index in [1.807, 2.05) is 6.92 Å². The number of rotatable bonds is 3. The van der Waals surface area contributed by atoms with Gasteiger partial charge in [0.15, 0.2) is 0 Å². The van der Waals surface area contributed by atoms with Crippen LogP contribution in [0.3, 0.4) is 0 Å². The monoisotopic (exact) mass is 222 g/mol. The van der Waals surface area contributed by atoms with Gasteiger partial charge in [-0.05, 0) is 13.3 Å². The van der Waals surface area contributed by atoms with Gasteiger partial charge in [-0.1, -0.05) is 6.92 Å². The minimum absolute atomic E-state index is 0.0566. The molecule has 0 aromatic rings. The Morgan fingerprint density at radius 2 is 2.21 bits per heavy atom. The van der Waals surface area contributed by atoms with Crippen molar-refractivity contribution in [3.63, 3.8) is 0 Å². The molecule has 0 N–H and O–H groups in total. The van der Waals surface area contributed by atoms with Gasteiger partial charge in [0, 0.05) is 6.42 Å². The lowest BCUT2D eigenvalue weighted by Crippen LogP contribution is -2.29. The molecule has 14 heavy (non-hydrogen) atoms. The Balaban J connectivity index is 2.53. The van der Waals surface area contributed by atoms with Crippen molar-refractivity contribution in [3.05, 3.63) is 0 Å². The number of carbonyl (C=O) groups is 1. The molecule has 0 bridgehead atoms. The summed E-state index contributed by atoms with van der Waals surface area (Å²) in [7, 11) is -3.51. The van der Waals surface area contributed by atoms with Crippen LogP contribution < -0.4 is 0 Å². The van der Waals surface area contributed by atoms with Gasteiger partial charge in [0.25, 0.3) is 10.1 Å². The molecule has 0 spiro atoms. The fourth-order valence-corrected chi connectivity index (χ4v) is 2.20. The first-order valence-corrected chi connectivity index (χ1v) is 6.02. The quantitative estimate of drug-likeness (QED) is 0.512. The molecule has 0 aromatic carbocycles. The molecule has 0 amide bonds. The van der Waals surface area contributed by atoms with E-state index >= 15 is 0 Å². The van der Waals surface area contributed by atoms with Crippen LogP contribution in [0.4, 0.5) is 0 Å². The molecule has 1 fully saturated rings. The van der Waals surface area contributed by atoms with E-state index in [1.54, 1.807) is 0 Å². The number of esters is 1. The standard InChI is InChI=1S/C8H14O5S/c1-3-4-8(9)13-7-5-12-14(10,11)6(7)2/h6-7H,3-5H2,1-2H3. The van der Waals surface area contributed by atoms with E-state index < -0.39 is 21.5 Å². The van der Waals surface area contributed by atoms with Crippen LogP contribution in [-0.4, -0.2) is 32.3 Å². The molecule has 6 heteroatoms. The predicted molar refractivity (Wildman–Crippen MR) is 49.1 cm³/mol. The van der Waals surface area contributed by atoms with Crippen molar-refractivity contribution in [2.75, 3.05) is 6.61 Å². The second-order valence-corrected chi connectivity index (χ2v) is 5.23. The van der Waals surface area contributed by atoms with Crippen LogP contribution in [0.1, 0.15) is 26.7 Å². The normalized spacial score (nSPS) is 30.1. The van der Waals surface area contributed by atoms with Gasteiger partial charge in [-0.2, -0.15) is 8.42 Å². The lowest BCUT2D eigenvalue weighted by atomic mass is 10.3. The summed E-state index contributed by atoms with van der Waals surface area (Å²) in [5.74, 6) is -0.370. The lowest BCUT2D eigenvalue weighted by molar-refractivity contribution is -0.149. The van der Waals surface area contributed by atoms with E-state index in [2.05, 4.69) is 4.18 Å². The third-order valence-corrected chi connectivity index (χ3v) is 3.79. The van der Waals surface area contributed by atoms with Crippen molar-refractivity contribution in [3.8, 4) is 0 Å². The summed E-state index contributed by atoms with van der Waals surface area (Å²) in [6, 6.07) is 0. The summed E-state index contributed by atoms with van der Waals surface area (Å²) in [5, 5.41) is -0.761. The molecule has 0 aromatic heterocycles. The zero-order valence-electron chi connectivity index (χ0n) is 8.23. The van der Waals surface area contributed by atoms with Crippen molar-refractivity contribution in [1.82, 2.24) is 0 Å². The zero-order valence-corrected chi connectivity index (χ0v) is 9.04. The number of ether oxygens (including phenoxy) is 1. The number of carbonyl (C=O) groups excluding carboxylic acids is 1. The highest BCUT2D eigenvalue weighted by molar-refractivity contribution is 7.87. The maximum Gasteiger partial charge on any atom is 0.306 e. The molecule has 1 aliphatic heterocycles. The average Bonchev–Trinajstić information content (AvgIpc) is 2.33. The average molecular weight is 222 g/mol. The third-order valence-electron chi connectivity index (χ3n) is 2.11. The van der Waals surface area contributed by atoms with Gasteiger partial charge in [0.2, 0.25) is 0 Å². The van der Waals surface area contributed by atoms with Crippen molar-refractivity contribution >= 4 is 16.1 Å². The topological polar surface area (TPSA) is 69.7 Å². The Morgan fingerprint density at radius 1 is 1.57 bits per heavy atom. The van der Waals surface area contributed by atoms with Crippen LogP contribution in [0.2, 0.25) is 0 Å². The van der Waals surface area contributed by atoms with E-state index in [-0.39, 0.29) is 12.6 Å². The summed E-state index contributed by atoms with van der Waals surface area (Å²) >= 11 is 0. The molecule has 1 rings (SSSR count). The molecule has 1 aliphatic rings. The highest BCUT2D eigenvalue weighted by Gasteiger charge is 2.40. The first-order chi connectivity index (χ1) is 6.47. The third kappa shape index (κ3) is 2.45. The van der Waals surface area contributed by atoms with E-state index in [0.717, 1.165) is 0 Å². The molecular formula is C8H14O5S. The van der Waals surface area contributed by atoms with Gasteiger partial charge in [0.05, 0.1) is 0 Å². The Morgan fingerprint density at radius 3 is 2.64 bits per heavy atom. The second kappa shape index (κ2) is 4.27. The Bertz CT molecular complexity index is 308. The van der Waals surface area contributed by atoms with Crippen LogP contribution >= 0.6 is 0 Å². The molecule has 1 heterocycles. The number of hydrogen-bond acceptors (Lipinski definition) is 5. The first-order valence-electron chi connectivity index (χ1n) is 4.55. The van der Waals surface area contributed by atoms with Crippen LogP contribution in [0.25, 0.3) is 0 Å². The van der Waals surface area contributed by atoms with Crippen LogP contribution in [0.5, 0.6) is 0 Å². The molecule has 5 nitrogen and oxygen atoms in total. The minimum atomic E-state index is -3.51. The van der Waals surface area contributed by atoms with Gasteiger partial charge in [-0.3, -0.25) is 8.98 Å². The van der Waals surface area contributed by atoms with Gasteiger partial charge in [0.1, 0.15) is 18.0 Å². The Labute approximate surface area is 83.5 Å². The fourth-order valence-electron chi connectivity index (χ4n) is 1.15. The van der Waals surface area contributed by atoms with E-state index in [1.165, 1.54) is 6.92 Å². The van der Waals surface area contributed by atoms with Crippen LogP contribution in [0.15, 0.2) is 0 Å².